The Hall–Kier alpha value is -0.450. The Balaban J connectivity index is 2.61. The lowest BCUT2D eigenvalue weighted by Crippen LogP contribution is -2.43. The Morgan fingerprint density at radius 2 is 2.27 bits per heavy atom. The molecule has 0 amide bonds. The third kappa shape index (κ3) is 3.55. The Labute approximate surface area is 95.9 Å². The van der Waals surface area contributed by atoms with Crippen molar-refractivity contribution in [1.82, 2.24) is 10.3 Å². The van der Waals surface area contributed by atoms with Crippen molar-refractivity contribution in [2.24, 2.45) is 5.92 Å². The first-order valence-electron chi connectivity index (χ1n) is 5.26. The molecule has 0 aliphatic carbocycles. The zero-order valence-corrected chi connectivity index (χ0v) is 10.7. The van der Waals surface area contributed by atoms with Crippen LogP contribution in [0.1, 0.15) is 18.7 Å². The molecule has 1 aromatic heterocycles. The van der Waals surface area contributed by atoms with Crippen LogP contribution in [-0.4, -0.2) is 31.3 Å². The molecule has 15 heavy (non-hydrogen) atoms. The molecule has 0 aliphatic heterocycles. The minimum atomic E-state index is 0.247. The summed E-state index contributed by atoms with van der Waals surface area (Å²) in [6, 6.07) is 0.357. The van der Waals surface area contributed by atoms with Gasteiger partial charge in [-0.25, -0.2) is 0 Å². The third-order valence-corrected chi connectivity index (χ3v) is 3.40. The van der Waals surface area contributed by atoms with Gasteiger partial charge in [0.15, 0.2) is 0 Å². The number of hydrogen-bond donors (Lipinski definition) is 1. The summed E-state index contributed by atoms with van der Waals surface area (Å²) in [5, 5.41) is 3.33. The van der Waals surface area contributed by atoms with Gasteiger partial charge in [0.2, 0.25) is 0 Å². The second-order valence-corrected chi connectivity index (χ2v) is 4.98. The molecule has 0 saturated heterocycles. The van der Waals surface area contributed by atoms with Crippen LogP contribution in [0.2, 0.25) is 0 Å². The van der Waals surface area contributed by atoms with E-state index in [-0.39, 0.29) is 6.10 Å². The molecule has 2 unspecified atom stereocenters. The van der Waals surface area contributed by atoms with E-state index < -0.39 is 0 Å². The Morgan fingerprint density at radius 3 is 2.67 bits per heavy atom. The molecule has 0 radical (unpaired) electrons. The number of aromatic nitrogens is 1. The smallest absolute Gasteiger partial charge is 0.0794 e. The summed E-state index contributed by atoms with van der Waals surface area (Å²) in [6.45, 7) is 4.37. The molecule has 1 rings (SSSR count). The monoisotopic (exact) mass is 228 g/mol. The minimum absolute atomic E-state index is 0.247. The largest absolute Gasteiger partial charge is 0.380 e. The summed E-state index contributed by atoms with van der Waals surface area (Å²) < 4.78 is 5.54. The SMILES string of the molecule is CNC(Cc1cncs1)C(OC)C(C)C. The molecule has 0 aromatic carbocycles. The predicted octanol–water partition coefficient (Wildman–Crippen LogP) is 1.94. The van der Waals surface area contributed by atoms with Gasteiger partial charge in [-0.1, -0.05) is 13.8 Å². The first-order valence-corrected chi connectivity index (χ1v) is 6.14. The van der Waals surface area contributed by atoms with Crippen molar-refractivity contribution in [3.8, 4) is 0 Å². The van der Waals surface area contributed by atoms with Gasteiger partial charge < -0.3 is 10.1 Å². The second kappa shape index (κ2) is 6.20. The summed E-state index contributed by atoms with van der Waals surface area (Å²) in [5.41, 5.74) is 1.87. The van der Waals surface area contributed by atoms with Gasteiger partial charge in [0, 0.05) is 30.6 Å². The van der Waals surface area contributed by atoms with E-state index in [0.29, 0.717) is 12.0 Å². The Kier molecular flexibility index (Phi) is 5.22. The van der Waals surface area contributed by atoms with E-state index in [1.165, 1.54) is 4.88 Å². The molecule has 3 nitrogen and oxygen atoms in total. The van der Waals surface area contributed by atoms with Crippen molar-refractivity contribution in [3.63, 3.8) is 0 Å². The molecule has 1 aromatic rings. The van der Waals surface area contributed by atoms with Gasteiger partial charge in [-0.15, -0.1) is 11.3 Å². The number of thiazole rings is 1. The number of nitrogens with zero attached hydrogens (tertiary/aromatic N) is 1. The highest BCUT2D eigenvalue weighted by Crippen LogP contribution is 2.16. The average Bonchev–Trinajstić information content (AvgIpc) is 2.69. The Morgan fingerprint density at radius 1 is 1.53 bits per heavy atom. The molecule has 0 aliphatic rings. The predicted molar refractivity (Wildman–Crippen MR) is 64.3 cm³/mol. The van der Waals surface area contributed by atoms with Gasteiger partial charge in [-0.3, -0.25) is 4.98 Å². The van der Waals surface area contributed by atoms with Gasteiger partial charge in [0.25, 0.3) is 0 Å². The number of methoxy groups -OCH3 is 1. The second-order valence-electron chi connectivity index (χ2n) is 4.01. The summed E-state index contributed by atoms with van der Waals surface area (Å²) in [6.07, 6.45) is 3.16. The van der Waals surface area contributed by atoms with Gasteiger partial charge in [0.1, 0.15) is 0 Å². The van der Waals surface area contributed by atoms with Crippen molar-refractivity contribution in [3.05, 3.63) is 16.6 Å². The Bertz CT molecular complexity index is 262. The fourth-order valence-corrected chi connectivity index (χ4v) is 2.50. The van der Waals surface area contributed by atoms with E-state index in [9.17, 15) is 0 Å². The van der Waals surface area contributed by atoms with Crippen molar-refractivity contribution in [2.45, 2.75) is 32.4 Å². The highest BCUT2D eigenvalue weighted by molar-refractivity contribution is 7.09. The maximum Gasteiger partial charge on any atom is 0.0794 e. The zero-order valence-electron chi connectivity index (χ0n) is 9.86. The molecule has 1 heterocycles. The van der Waals surface area contributed by atoms with Gasteiger partial charge in [-0.2, -0.15) is 0 Å². The van der Waals surface area contributed by atoms with Crippen LogP contribution in [0.4, 0.5) is 0 Å². The summed E-state index contributed by atoms with van der Waals surface area (Å²) in [4.78, 5) is 5.39. The first-order chi connectivity index (χ1) is 7.19. The summed E-state index contributed by atoms with van der Waals surface area (Å²) in [7, 11) is 3.77. The lowest BCUT2D eigenvalue weighted by atomic mass is 9.97. The number of rotatable bonds is 6. The van der Waals surface area contributed by atoms with E-state index in [1.807, 2.05) is 18.8 Å². The lowest BCUT2D eigenvalue weighted by molar-refractivity contribution is 0.0356. The molecule has 0 saturated carbocycles. The topological polar surface area (TPSA) is 34.2 Å². The van der Waals surface area contributed by atoms with Crippen LogP contribution in [0.15, 0.2) is 11.7 Å². The third-order valence-electron chi connectivity index (χ3n) is 2.60. The van der Waals surface area contributed by atoms with E-state index >= 15 is 0 Å². The standard InChI is InChI=1S/C11H20N2OS/c1-8(2)11(14-4)10(12-3)5-9-6-13-7-15-9/h6-8,10-12H,5H2,1-4H3. The van der Waals surface area contributed by atoms with Crippen LogP contribution < -0.4 is 5.32 Å². The first kappa shape index (κ1) is 12.6. The zero-order chi connectivity index (χ0) is 11.3. The molecule has 86 valence electrons. The highest BCUT2D eigenvalue weighted by atomic mass is 32.1. The number of ether oxygens (including phenoxy) is 1. The summed E-state index contributed by atoms with van der Waals surface area (Å²) in [5.74, 6) is 0.514. The molecule has 0 fully saturated rings. The van der Waals surface area contributed by atoms with Gasteiger partial charge in [0.05, 0.1) is 11.6 Å². The van der Waals surface area contributed by atoms with E-state index in [0.717, 1.165) is 6.42 Å². The summed E-state index contributed by atoms with van der Waals surface area (Å²) >= 11 is 1.70. The van der Waals surface area contributed by atoms with Crippen molar-refractivity contribution >= 4 is 11.3 Å². The quantitative estimate of drug-likeness (QED) is 0.808. The molecule has 0 bridgehead atoms. The lowest BCUT2D eigenvalue weighted by Gasteiger charge is -2.28. The van der Waals surface area contributed by atoms with Crippen molar-refractivity contribution in [1.29, 1.82) is 0 Å². The maximum absolute atomic E-state index is 5.54. The maximum atomic E-state index is 5.54. The van der Waals surface area contributed by atoms with E-state index in [2.05, 4.69) is 24.1 Å². The van der Waals surface area contributed by atoms with Crippen molar-refractivity contribution in [2.75, 3.05) is 14.2 Å². The molecule has 1 N–H and O–H groups in total. The van der Waals surface area contributed by atoms with E-state index in [4.69, 9.17) is 4.74 Å². The number of nitrogens with one attached hydrogen (secondary N) is 1. The van der Waals surface area contributed by atoms with Gasteiger partial charge in [-0.05, 0) is 13.0 Å². The molecule has 2 atom stereocenters. The molecule has 4 heteroatoms. The van der Waals surface area contributed by atoms with Crippen LogP contribution in [0.5, 0.6) is 0 Å². The van der Waals surface area contributed by atoms with Crippen molar-refractivity contribution < 1.29 is 4.74 Å². The minimum Gasteiger partial charge on any atom is -0.380 e. The van der Waals surface area contributed by atoms with Crippen LogP contribution in [0.25, 0.3) is 0 Å². The molecular formula is C11H20N2OS. The van der Waals surface area contributed by atoms with Crippen LogP contribution in [0.3, 0.4) is 0 Å². The highest BCUT2D eigenvalue weighted by Gasteiger charge is 2.23. The fraction of sp³-hybridized carbons (Fsp3) is 0.727. The molecular weight excluding hydrogens is 208 g/mol. The van der Waals surface area contributed by atoms with Gasteiger partial charge >= 0.3 is 0 Å². The van der Waals surface area contributed by atoms with Crippen LogP contribution in [0, 0.1) is 5.92 Å². The molecule has 0 spiro atoms. The number of hydrogen-bond acceptors (Lipinski definition) is 4. The fourth-order valence-electron chi connectivity index (χ4n) is 1.84. The number of likely N-dealkylation sites (N-methyl/N-ethyl adjacent to an activating group) is 1. The van der Waals surface area contributed by atoms with Crippen LogP contribution >= 0.6 is 11.3 Å². The average molecular weight is 228 g/mol. The van der Waals surface area contributed by atoms with Crippen LogP contribution in [-0.2, 0) is 11.2 Å². The normalized spacial score (nSPS) is 15.5. The van der Waals surface area contributed by atoms with E-state index in [1.54, 1.807) is 18.4 Å².